The zero-order valence-electron chi connectivity index (χ0n) is 9.59. The predicted molar refractivity (Wildman–Crippen MR) is 60.9 cm³/mol. The van der Waals surface area contributed by atoms with Crippen LogP contribution in [-0.2, 0) is 7.05 Å². The van der Waals surface area contributed by atoms with E-state index in [9.17, 15) is 4.79 Å². The number of likely N-dealkylation sites (tertiary alicyclic amines) is 1. The molecule has 1 aliphatic heterocycles. The first kappa shape index (κ1) is 11.1. The van der Waals surface area contributed by atoms with E-state index in [1.54, 1.807) is 17.1 Å². The fraction of sp³-hybridized carbons (Fsp3) is 0.636. The van der Waals surface area contributed by atoms with Gasteiger partial charge >= 0.3 is 0 Å². The molecule has 1 aromatic heterocycles. The molecule has 5 heteroatoms. The standard InChI is InChI=1S/C11H18N4O/c1-14-8-13-6-10(14)11(16)15-4-2-3-9(5-12)7-15/h6,8-9H,2-5,7,12H2,1H3. The summed E-state index contributed by atoms with van der Waals surface area (Å²) in [5.74, 6) is 0.518. The quantitative estimate of drug-likeness (QED) is 0.779. The van der Waals surface area contributed by atoms with Crippen LogP contribution in [0.1, 0.15) is 23.3 Å². The van der Waals surface area contributed by atoms with E-state index < -0.39 is 0 Å². The molecule has 1 atom stereocenters. The van der Waals surface area contributed by atoms with Crippen molar-refractivity contribution in [3.8, 4) is 0 Å². The summed E-state index contributed by atoms with van der Waals surface area (Å²) in [4.78, 5) is 18.0. The van der Waals surface area contributed by atoms with Crippen molar-refractivity contribution >= 4 is 5.91 Å². The molecule has 1 aliphatic rings. The number of carbonyl (C=O) groups is 1. The van der Waals surface area contributed by atoms with Gasteiger partial charge in [0.05, 0.1) is 12.5 Å². The summed E-state index contributed by atoms with van der Waals surface area (Å²) in [5.41, 5.74) is 6.31. The average molecular weight is 222 g/mol. The fourth-order valence-corrected chi connectivity index (χ4v) is 2.17. The second kappa shape index (κ2) is 4.65. The Bertz CT molecular complexity index is 374. The molecule has 0 aromatic carbocycles. The van der Waals surface area contributed by atoms with Crippen LogP contribution in [0, 0.1) is 5.92 Å². The van der Waals surface area contributed by atoms with Gasteiger partial charge in [0, 0.05) is 20.1 Å². The minimum atomic E-state index is 0.0677. The highest BCUT2D eigenvalue weighted by molar-refractivity contribution is 5.92. The maximum absolute atomic E-state index is 12.2. The van der Waals surface area contributed by atoms with E-state index in [0.29, 0.717) is 18.2 Å². The third-order valence-electron chi connectivity index (χ3n) is 3.18. The lowest BCUT2D eigenvalue weighted by molar-refractivity contribution is 0.0668. The molecule has 0 bridgehead atoms. The van der Waals surface area contributed by atoms with Gasteiger partial charge in [0.1, 0.15) is 5.69 Å². The van der Waals surface area contributed by atoms with Crippen LogP contribution in [0.5, 0.6) is 0 Å². The molecular formula is C11H18N4O. The van der Waals surface area contributed by atoms with Crippen LogP contribution in [0.2, 0.25) is 0 Å². The highest BCUT2D eigenvalue weighted by Gasteiger charge is 2.24. The highest BCUT2D eigenvalue weighted by Crippen LogP contribution is 2.17. The van der Waals surface area contributed by atoms with Gasteiger partial charge in [0.25, 0.3) is 5.91 Å². The summed E-state index contributed by atoms with van der Waals surface area (Å²) in [6, 6.07) is 0. The number of nitrogens with zero attached hydrogens (tertiary/aromatic N) is 3. The number of aryl methyl sites for hydroxylation is 1. The van der Waals surface area contributed by atoms with Crippen LogP contribution in [0.15, 0.2) is 12.5 Å². The van der Waals surface area contributed by atoms with Crippen molar-refractivity contribution in [2.75, 3.05) is 19.6 Å². The number of imidazole rings is 1. The van der Waals surface area contributed by atoms with Gasteiger partial charge in [-0.05, 0) is 25.3 Å². The number of aromatic nitrogens is 2. The second-order valence-electron chi connectivity index (χ2n) is 4.38. The van der Waals surface area contributed by atoms with Crippen molar-refractivity contribution < 1.29 is 4.79 Å². The maximum atomic E-state index is 12.2. The Hall–Kier alpha value is -1.36. The minimum absolute atomic E-state index is 0.0677. The van der Waals surface area contributed by atoms with E-state index in [0.717, 1.165) is 25.9 Å². The topological polar surface area (TPSA) is 64.2 Å². The zero-order valence-corrected chi connectivity index (χ0v) is 9.59. The molecule has 1 fully saturated rings. The largest absolute Gasteiger partial charge is 0.337 e. The predicted octanol–water partition coefficient (Wildman–Crippen LogP) is 0.231. The molecule has 2 heterocycles. The number of nitrogens with two attached hydrogens (primary N) is 1. The Labute approximate surface area is 95.2 Å². The zero-order chi connectivity index (χ0) is 11.5. The van der Waals surface area contributed by atoms with Crippen LogP contribution in [0.25, 0.3) is 0 Å². The molecule has 88 valence electrons. The molecule has 0 spiro atoms. The van der Waals surface area contributed by atoms with Crippen molar-refractivity contribution in [2.24, 2.45) is 18.7 Å². The highest BCUT2D eigenvalue weighted by atomic mass is 16.2. The van der Waals surface area contributed by atoms with E-state index in [2.05, 4.69) is 4.98 Å². The number of amides is 1. The summed E-state index contributed by atoms with van der Waals surface area (Å²) < 4.78 is 1.76. The average Bonchev–Trinajstić information content (AvgIpc) is 2.74. The van der Waals surface area contributed by atoms with Crippen LogP contribution < -0.4 is 5.73 Å². The number of hydrogen-bond acceptors (Lipinski definition) is 3. The summed E-state index contributed by atoms with van der Waals surface area (Å²) in [6.07, 6.45) is 5.45. The Kier molecular flexibility index (Phi) is 3.24. The smallest absolute Gasteiger partial charge is 0.272 e. The van der Waals surface area contributed by atoms with Crippen molar-refractivity contribution in [1.29, 1.82) is 0 Å². The normalized spacial score (nSPS) is 21.1. The molecule has 5 nitrogen and oxygen atoms in total. The molecule has 1 amide bonds. The molecule has 0 aliphatic carbocycles. The number of piperidine rings is 1. The number of rotatable bonds is 2. The summed E-state index contributed by atoms with van der Waals surface area (Å²) in [6.45, 7) is 2.27. The second-order valence-corrected chi connectivity index (χ2v) is 4.38. The lowest BCUT2D eigenvalue weighted by atomic mass is 9.98. The first-order chi connectivity index (χ1) is 7.72. The molecule has 0 radical (unpaired) electrons. The lowest BCUT2D eigenvalue weighted by Gasteiger charge is -2.32. The Balaban J connectivity index is 2.07. The van der Waals surface area contributed by atoms with Crippen molar-refractivity contribution in [1.82, 2.24) is 14.5 Å². The Morgan fingerprint density at radius 2 is 2.50 bits per heavy atom. The van der Waals surface area contributed by atoms with Gasteiger partial charge in [-0.15, -0.1) is 0 Å². The molecule has 1 saturated heterocycles. The van der Waals surface area contributed by atoms with Gasteiger partial charge in [0.15, 0.2) is 0 Å². The van der Waals surface area contributed by atoms with Crippen molar-refractivity contribution in [3.05, 3.63) is 18.2 Å². The van der Waals surface area contributed by atoms with Crippen LogP contribution >= 0.6 is 0 Å². The summed E-state index contributed by atoms with van der Waals surface area (Å²) >= 11 is 0. The molecule has 1 aromatic rings. The van der Waals surface area contributed by atoms with Crippen LogP contribution in [0.3, 0.4) is 0 Å². The lowest BCUT2D eigenvalue weighted by Crippen LogP contribution is -2.42. The first-order valence-electron chi connectivity index (χ1n) is 5.68. The van der Waals surface area contributed by atoms with Crippen LogP contribution in [-0.4, -0.2) is 40.0 Å². The Morgan fingerprint density at radius 1 is 1.69 bits per heavy atom. The van der Waals surface area contributed by atoms with Crippen molar-refractivity contribution in [2.45, 2.75) is 12.8 Å². The van der Waals surface area contributed by atoms with E-state index in [-0.39, 0.29) is 5.91 Å². The van der Waals surface area contributed by atoms with Gasteiger partial charge in [-0.3, -0.25) is 4.79 Å². The minimum Gasteiger partial charge on any atom is -0.337 e. The first-order valence-corrected chi connectivity index (χ1v) is 5.68. The molecule has 1 unspecified atom stereocenters. The SMILES string of the molecule is Cn1cncc1C(=O)N1CCCC(CN)C1. The molecule has 0 saturated carbocycles. The maximum Gasteiger partial charge on any atom is 0.272 e. The molecular weight excluding hydrogens is 204 g/mol. The number of carbonyl (C=O) groups excluding carboxylic acids is 1. The van der Waals surface area contributed by atoms with Gasteiger partial charge < -0.3 is 15.2 Å². The molecule has 2 N–H and O–H groups in total. The van der Waals surface area contributed by atoms with E-state index in [1.807, 2.05) is 11.9 Å². The van der Waals surface area contributed by atoms with Gasteiger partial charge in [-0.2, -0.15) is 0 Å². The van der Waals surface area contributed by atoms with Gasteiger partial charge in [0.2, 0.25) is 0 Å². The Morgan fingerprint density at radius 3 is 3.12 bits per heavy atom. The van der Waals surface area contributed by atoms with Crippen molar-refractivity contribution in [3.63, 3.8) is 0 Å². The third kappa shape index (κ3) is 2.09. The van der Waals surface area contributed by atoms with E-state index >= 15 is 0 Å². The van der Waals surface area contributed by atoms with Crippen LogP contribution in [0.4, 0.5) is 0 Å². The van der Waals surface area contributed by atoms with Gasteiger partial charge in [-0.25, -0.2) is 4.98 Å². The fourth-order valence-electron chi connectivity index (χ4n) is 2.17. The molecule has 16 heavy (non-hydrogen) atoms. The van der Waals surface area contributed by atoms with E-state index in [1.165, 1.54) is 0 Å². The molecule has 2 rings (SSSR count). The monoisotopic (exact) mass is 222 g/mol. The number of hydrogen-bond donors (Lipinski definition) is 1. The summed E-state index contributed by atoms with van der Waals surface area (Å²) in [7, 11) is 1.84. The van der Waals surface area contributed by atoms with E-state index in [4.69, 9.17) is 5.73 Å². The van der Waals surface area contributed by atoms with Gasteiger partial charge in [-0.1, -0.05) is 0 Å². The summed E-state index contributed by atoms with van der Waals surface area (Å²) in [5, 5.41) is 0. The third-order valence-corrected chi connectivity index (χ3v) is 3.18.